The van der Waals surface area contributed by atoms with Gasteiger partial charge in [0, 0.05) is 11.8 Å². The molecule has 0 aliphatic rings. The predicted octanol–water partition coefficient (Wildman–Crippen LogP) is 2.95. The third-order valence-electron chi connectivity index (χ3n) is 1.87. The number of hydrogen-bond donors (Lipinski definition) is 1. The molecule has 0 atom stereocenters. The maximum Gasteiger partial charge on any atom is 0.0565 e. The van der Waals surface area contributed by atoms with Crippen molar-refractivity contribution in [1.29, 1.82) is 0 Å². The Morgan fingerprint density at radius 3 is 2.85 bits per heavy atom. The molecule has 2 nitrogen and oxygen atoms in total. The van der Waals surface area contributed by atoms with Gasteiger partial charge in [-0.1, -0.05) is 30.4 Å². The molecule has 1 aromatic heterocycles. The second-order valence-corrected chi connectivity index (χ2v) is 2.88. The van der Waals surface area contributed by atoms with E-state index in [1.807, 2.05) is 25.3 Å². The molecule has 13 heavy (non-hydrogen) atoms. The van der Waals surface area contributed by atoms with Gasteiger partial charge in [0.15, 0.2) is 0 Å². The maximum atomic E-state index is 3.93. The van der Waals surface area contributed by atoms with Gasteiger partial charge in [0.25, 0.3) is 0 Å². The number of nitrogens with zero attached hydrogens (tertiary/aromatic N) is 1. The van der Waals surface area contributed by atoms with Crippen molar-refractivity contribution in [2.24, 2.45) is 0 Å². The van der Waals surface area contributed by atoms with E-state index in [1.165, 1.54) is 5.57 Å². The fourth-order valence-electron chi connectivity index (χ4n) is 0.851. The molecule has 0 saturated heterocycles. The summed E-state index contributed by atoms with van der Waals surface area (Å²) in [5.41, 5.74) is 3.22. The van der Waals surface area contributed by atoms with Crippen molar-refractivity contribution in [3.8, 4) is 0 Å². The number of aromatic nitrogens is 2. The smallest absolute Gasteiger partial charge is 0.0565 e. The van der Waals surface area contributed by atoms with Crippen LogP contribution in [0.25, 0.3) is 5.57 Å². The van der Waals surface area contributed by atoms with Crippen LogP contribution in [0, 0.1) is 0 Å². The maximum absolute atomic E-state index is 3.93. The van der Waals surface area contributed by atoms with Gasteiger partial charge in [0.2, 0.25) is 0 Å². The van der Waals surface area contributed by atoms with E-state index in [9.17, 15) is 0 Å². The van der Waals surface area contributed by atoms with Gasteiger partial charge in [-0.05, 0) is 19.4 Å². The molecule has 0 aliphatic carbocycles. The van der Waals surface area contributed by atoms with Crippen LogP contribution in [-0.4, -0.2) is 10.2 Å². The summed E-state index contributed by atoms with van der Waals surface area (Å²) in [6.45, 7) is 8.00. The Labute approximate surface area is 78.7 Å². The van der Waals surface area contributed by atoms with Gasteiger partial charge in [-0.15, -0.1) is 0 Å². The Morgan fingerprint density at radius 1 is 1.54 bits per heavy atom. The second-order valence-electron chi connectivity index (χ2n) is 2.88. The summed E-state index contributed by atoms with van der Waals surface area (Å²) in [5, 5.41) is 6.61. The van der Waals surface area contributed by atoms with Crippen molar-refractivity contribution >= 4 is 5.57 Å². The molecule has 0 fully saturated rings. The topological polar surface area (TPSA) is 28.7 Å². The van der Waals surface area contributed by atoms with E-state index in [1.54, 1.807) is 6.20 Å². The van der Waals surface area contributed by atoms with Crippen LogP contribution in [0.1, 0.15) is 19.4 Å². The van der Waals surface area contributed by atoms with Crippen molar-refractivity contribution in [2.45, 2.75) is 13.8 Å². The van der Waals surface area contributed by atoms with Crippen LogP contribution in [0.15, 0.2) is 42.8 Å². The van der Waals surface area contributed by atoms with Crippen LogP contribution >= 0.6 is 0 Å². The minimum absolute atomic E-state index is 0.968. The number of H-pyrrole nitrogens is 1. The summed E-state index contributed by atoms with van der Waals surface area (Å²) in [6.07, 6.45) is 9.67. The molecule has 1 aromatic rings. The number of hydrogen-bond acceptors (Lipinski definition) is 1. The highest BCUT2D eigenvalue weighted by molar-refractivity contribution is 5.71. The van der Waals surface area contributed by atoms with Crippen molar-refractivity contribution in [3.05, 3.63) is 48.3 Å². The molecular formula is C11H14N2. The summed E-state index contributed by atoms with van der Waals surface area (Å²) < 4.78 is 0. The van der Waals surface area contributed by atoms with Crippen molar-refractivity contribution in [3.63, 3.8) is 0 Å². The van der Waals surface area contributed by atoms with Gasteiger partial charge in [0.05, 0.1) is 6.20 Å². The summed E-state index contributed by atoms with van der Waals surface area (Å²) in [6, 6.07) is 0. The average Bonchev–Trinajstić information content (AvgIpc) is 2.66. The second kappa shape index (κ2) is 4.45. The third-order valence-corrected chi connectivity index (χ3v) is 1.87. The molecule has 0 bridgehead atoms. The zero-order valence-electron chi connectivity index (χ0n) is 8.04. The molecule has 0 aromatic carbocycles. The monoisotopic (exact) mass is 174 g/mol. The van der Waals surface area contributed by atoms with E-state index in [2.05, 4.69) is 29.8 Å². The van der Waals surface area contributed by atoms with E-state index in [-0.39, 0.29) is 0 Å². The van der Waals surface area contributed by atoms with E-state index in [0.717, 1.165) is 11.1 Å². The zero-order valence-corrected chi connectivity index (χ0v) is 8.04. The molecule has 0 aliphatic heterocycles. The van der Waals surface area contributed by atoms with Crippen molar-refractivity contribution in [1.82, 2.24) is 10.2 Å². The summed E-state index contributed by atoms with van der Waals surface area (Å²) in [4.78, 5) is 0. The van der Waals surface area contributed by atoms with Gasteiger partial charge in [0.1, 0.15) is 0 Å². The quantitative estimate of drug-likeness (QED) is 0.701. The van der Waals surface area contributed by atoms with Gasteiger partial charge < -0.3 is 0 Å². The van der Waals surface area contributed by atoms with Gasteiger partial charge in [-0.3, -0.25) is 5.10 Å². The number of rotatable bonds is 3. The SMILES string of the molecule is C=C(/C=C\C(C)=C/C)c1cn[nH]c1. The molecule has 1 rings (SSSR count). The highest BCUT2D eigenvalue weighted by Gasteiger charge is 1.94. The molecule has 1 heterocycles. The van der Waals surface area contributed by atoms with Gasteiger partial charge >= 0.3 is 0 Å². The lowest BCUT2D eigenvalue weighted by atomic mass is 10.1. The van der Waals surface area contributed by atoms with E-state index in [0.29, 0.717) is 0 Å². The van der Waals surface area contributed by atoms with Crippen molar-refractivity contribution < 1.29 is 0 Å². The Bertz CT molecular complexity index is 329. The normalized spacial score (nSPS) is 12.3. The minimum Gasteiger partial charge on any atom is -0.285 e. The fourth-order valence-corrected chi connectivity index (χ4v) is 0.851. The van der Waals surface area contributed by atoms with Gasteiger partial charge in [-0.25, -0.2) is 0 Å². The standard InChI is InChI=1S/C11H14N2/c1-4-9(2)5-6-10(3)11-7-12-13-8-11/h4-8H,3H2,1-2H3,(H,12,13)/b6-5-,9-4-. The number of aromatic amines is 1. The first-order valence-corrected chi connectivity index (χ1v) is 4.23. The van der Waals surface area contributed by atoms with Crippen LogP contribution in [0.3, 0.4) is 0 Å². The highest BCUT2D eigenvalue weighted by atomic mass is 15.1. The Hall–Kier alpha value is -1.57. The molecule has 2 heteroatoms. The first-order chi connectivity index (χ1) is 6.24. The molecule has 68 valence electrons. The van der Waals surface area contributed by atoms with Crippen LogP contribution in [-0.2, 0) is 0 Å². The first-order valence-electron chi connectivity index (χ1n) is 4.23. The third kappa shape index (κ3) is 2.75. The molecule has 0 radical (unpaired) electrons. The summed E-state index contributed by atoms with van der Waals surface area (Å²) in [5.74, 6) is 0. The van der Waals surface area contributed by atoms with Crippen LogP contribution in [0.4, 0.5) is 0 Å². The lowest BCUT2D eigenvalue weighted by Gasteiger charge is -1.93. The Balaban J connectivity index is 2.67. The summed E-state index contributed by atoms with van der Waals surface area (Å²) >= 11 is 0. The number of nitrogens with one attached hydrogen (secondary N) is 1. The highest BCUT2D eigenvalue weighted by Crippen LogP contribution is 2.11. The van der Waals surface area contributed by atoms with Crippen LogP contribution in [0.5, 0.6) is 0 Å². The minimum atomic E-state index is 0.968. The number of allylic oxidation sites excluding steroid dienone is 5. The Morgan fingerprint density at radius 2 is 2.31 bits per heavy atom. The largest absolute Gasteiger partial charge is 0.285 e. The zero-order chi connectivity index (χ0) is 9.68. The van der Waals surface area contributed by atoms with Crippen LogP contribution in [0.2, 0.25) is 0 Å². The summed E-state index contributed by atoms with van der Waals surface area (Å²) in [7, 11) is 0. The van der Waals surface area contributed by atoms with Crippen molar-refractivity contribution in [2.75, 3.05) is 0 Å². The first kappa shape index (κ1) is 9.52. The molecule has 0 amide bonds. The van der Waals surface area contributed by atoms with Gasteiger partial charge in [-0.2, -0.15) is 5.10 Å². The average molecular weight is 174 g/mol. The van der Waals surface area contributed by atoms with E-state index >= 15 is 0 Å². The lowest BCUT2D eigenvalue weighted by Crippen LogP contribution is -1.73. The molecule has 1 N–H and O–H groups in total. The molecular weight excluding hydrogens is 160 g/mol. The Kier molecular flexibility index (Phi) is 3.26. The van der Waals surface area contributed by atoms with E-state index in [4.69, 9.17) is 0 Å². The lowest BCUT2D eigenvalue weighted by molar-refractivity contribution is 1.09. The molecule has 0 saturated carbocycles. The van der Waals surface area contributed by atoms with Crippen LogP contribution < -0.4 is 0 Å². The molecule has 0 unspecified atom stereocenters. The predicted molar refractivity (Wildman–Crippen MR) is 56.2 cm³/mol. The van der Waals surface area contributed by atoms with E-state index < -0.39 is 0 Å². The fraction of sp³-hybridized carbons (Fsp3) is 0.182. The molecule has 0 spiro atoms.